The van der Waals surface area contributed by atoms with Gasteiger partial charge in [0.25, 0.3) is 0 Å². The van der Waals surface area contributed by atoms with Crippen molar-refractivity contribution in [1.29, 1.82) is 0 Å². The number of hydrogen-bond donors (Lipinski definition) is 0. The molecule has 0 atom stereocenters. The minimum atomic E-state index is 0.815. The number of pyridine rings is 4. The number of fused-ring (bicyclic) bond motifs is 4. The van der Waals surface area contributed by atoms with Gasteiger partial charge in [-0.25, -0.2) is 19.9 Å². The van der Waals surface area contributed by atoms with E-state index in [1.807, 2.05) is 42.7 Å². The number of aromatic nitrogens is 6. The van der Waals surface area contributed by atoms with Crippen LogP contribution < -0.4 is 0 Å². The molecule has 220 valence electrons. The minimum Gasteiger partial charge on any atom is -0.264 e. The second kappa shape index (κ2) is 11.3. The zero-order valence-electron chi connectivity index (χ0n) is 24.9. The highest BCUT2D eigenvalue weighted by atomic mass is 32.1. The third-order valence-corrected chi connectivity index (χ3v) is 9.52. The van der Waals surface area contributed by atoms with Crippen LogP contribution in [0.3, 0.4) is 0 Å². The van der Waals surface area contributed by atoms with Gasteiger partial charge < -0.3 is 0 Å². The molecule has 9 aromatic rings. The van der Waals surface area contributed by atoms with Crippen LogP contribution in [0, 0.1) is 0 Å². The fraction of sp³-hybridized carbons (Fsp3) is 0. The van der Waals surface area contributed by atoms with E-state index < -0.39 is 0 Å². The van der Waals surface area contributed by atoms with Crippen molar-refractivity contribution in [1.82, 2.24) is 29.9 Å². The summed E-state index contributed by atoms with van der Waals surface area (Å²) in [6, 6.07) is 39.6. The van der Waals surface area contributed by atoms with E-state index in [1.54, 1.807) is 30.1 Å². The molecule has 0 amide bonds. The van der Waals surface area contributed by atoms with Crippen LogP contribution in [0.2, 0.25) is 0 Å². The van der Waals surface area contributed by atoms with Crippen molar-refractivity contribution >= 4 is 42.5 Å². The van der Waals surface area contributed by atoms with Crippen molar-refractivity contribution in [3.63, 3.8) is 0 Å². The Kier molecular flexibility index (Phi) is 6.54. The highest BCUT2D eigenvalue weighted by Gasteiger charge is 2.16. The van der Waals surface area contributed by atoms with E-state index in [0.717, 1.165) is 76.6 Å². The average Bonchev–Trinajstić information content (AvgIpc) is 3.53. The highest BCUT2D eigenvalue weighted by Crippen LogP contribution is 2.40. The van der Waals surface area contributed by atoms with E-state index in [4.69, 9.17) is 19.9 Å². The quantitative estimate of drug-likeness (QED) is 0.191. The summed E-state index contributed by atoms with van der Waals surface area (Å²) in [4.78, 5) is 29.1. The summed E-state index contributed by atoms with van der Waals surface area (Å²) in [5.41, 5.74) is 10.7. The molecule has 0 radical (unpaired) electrons. The Morgan fingerprint density at radius 1 is 0.489 bits per heavy atom. The number of thiophene rings is 1. The molecule has 0 saturated carbocycles. The summed E-state index contributed by atoms with van der Waals surface area (Å²) in [7, 11) is 0. The Morgan fingerprint density at radius 2 is 1.32 bits per heavy atom. The molecule has 9 rings (SSSR count). The predicted molar refractivity (Wildman–Crippen MR) is 191 cm³/mol. The van der Waals surface area contributed by atoms with Gasteiger partial charge in [-0.05, 0) is 69.9 Å². The smallest absolute Gasteiger partial charge is 0.126 e. The molecule has 0 aliphatic heterocycles. The third-order valence-electron chi connectivity index (χ3n) is 8.42. The topological polar surface area (TPSA) is 77.3 Å². The first kappa shape index (κ1) is 27.2. The second-order valence-electron chi connectivity index (χ2n) is 11.3. The molecule has 0 saturated heterocycles. The predicted octanol–water partition coefficient (Wildman–Crippen LogP) is 9.91. The first-order valence-electron chi connectivity index (χ1n) is 15.2. The molecule has 3 aromatic carbocycles. The van der Waals surface area contributed by atoms with E-state index in [2.05, 4.69) is 94.9 Å². The van der Waals surface area contributed by atoms with E-state index in [1.165, 1.54) is 10.8 Å². The van der Waals surface area contributed by atoms with Gasteiger partial charge in [0, 0.05) is 46.9 Å². The van der Waals surface area contributed by atoms with Crippen molar-refractivity contribution in [3.8, 4) is 56.2 Å². The lowest BCUT2D eigenvalue weighted by molar-refractivity contribution is 1.24. The lowest BCUT2D eigenvalue weighted by Gasteiger charge is -2.10. The number of rotatable bonds is 5. The van der Waals surface area contributed by atoms with Crippen molar-refractivity contribution < 1.29 is 0 Å². The zero-order chi connectivity index (χ0) is 31.2. The molecular formula is C40H24N6S. The van der Waals surface area contributed by atoms with Gasteiger partial charge in [-0.3, -0.25) is 9.97 Å². The largest absolute Gasteiger partial charge is 0.264 e. The van der Waals surface area contributed by atoms with Gasteiger partial charge in [0.15, 0.2) is 0 Å². The SMILES string of the molecule is c1ccc(-c2cc(-c3ccc(-c4cnc5sc6c(-c7cccc8ccccc78)ncnc6c5c4)cc3)cc(-c3cccnc3)n2)nc1. The molecule has 0 N–H and O–H groups in total. The van der Waals surface area contributed by atoms with Gasteiger partial charge in [0.05, 0.1) is 33.0 Å². The molecule has 7 heteroatoms. The van der Waals surface area contributed by atoms with Crippen LogP contribution in [0.5, 0.6) is 0 Å². The summed E-state index contributed by atoms with van der Waals surface area (Å²) < 4.78 is 1.05. The van der Waals surface area contributed by atoms with Crippen LogP contribution in [0.25, 0.3) is 87.4 Å². The van der Waals surface area contributed by atoms with Crippen molar-refractivity contribution in [2.75, 3.05) is 0 Å². The third kappa shape index (κ3) is 4.90. The van der Waals surface area contributed by atoms with Gasteiger partial charge in [0.2, 0.25) is 0 Å². The van der Waals surface area contributed by atoms with E-state index in [0.29, 0.717) is 0 Å². The van der Waals surface area contributed by atoms with Gasteiger partial charge in [-0.2, -0.15) is 0 Å². The fourth-order valence-corrected chi connectivity index (χ4v) is 7.19. The standard InChI is InChI=1S/C40H24N6S/c1-2-10-31-27(7-1)8-5-11-32(31)37-39-38(45-24-44-37)33-19-30(23-43-40(33)47-39)26-15-13-25(14-16-26)29-20-35(28-9-6-17-41-22-28)46-36(21-29)34-12-3-4-18-42-34/h1-24H. The first-order valence-corrected chi connectivity index (χ1v) is 16.1. The number of benzene rings is 3. The van der Waals surface area contributed by atoms with Gasteiger partial charge in [-0.15, -0.1) is 11.3 Å². The number of nitrogens with zero attached hydrogens (tertiary/aromatic N) is 6. The van der Waals surface area contributed by atoms with Crippen molar-refractivity contribution in [3.05, 3.63) is 146 Å². The maximum atomic E-state index is 4.93. The van der Waals surface area contributed by atoms with E-state index >= 15 is 0 Å². The Bertz CT molecular complexity index is 2500. The molecule has 47 heavy (non-hydrogen) atoms. The summed E-state index contributed by atoms with van der Waals surface area (Å²) in [5.74, 6) is 0. The van der Waals surface area contributed by atoms with E-state index in [-0.39, 0.29) is 0 Å². The molecule has 0 bridgehead atoms. The van der Waals surface area contributed by atoms with Crippen LogP contribution in [0.15, 0.2) is 146 Å². The van der Waals surface area contributed by atoms with E-state index in [9.17, 15) is 0 Å². The van der Waals surface area contributed by atoms with Crippen LogP contribution >= 0.6 is 11.3 Å². The molecule has 6 aromatic heterocycles. The Hall–Kier alpha value is -6.18. The maximum absolute atomic E-state index is 4.93. The zero-order valence-corrected chi connectivity index (χ0v) is 25.8. The molecule has 6 nitrogen and oxygen atoms in total. The summed E-state index contributed by atoms with van der Waals surface area (Å²) >= 11 is 1.64. The lowest BCUT2D eigenvalue weighted by atomic mass is 9.98. The fourth-order valence-electron chi connectivity index (χ4n) is 6.10. The Labute approximate surface area is 274 Å². The van der Waals surface area contributed by atoms with Crippen LogP contribution in [-0.4, -0.2) is 29.9 Å². The molecule has 6 heterocycles. The summed E-state index contributed by atoms with van der Waals surface area (Å²) in [5, 5.41) is 3.40. The van der Waals surface area contributed by atoms with Crippen LogP contribution in [0.1, 0.15) is 0 Å². The van der Waals surface area contributed by atoms with Gasteiger partial charge in [0.1, 0.15) is 11.2 Å². The lowest BCUT2D eigenvalue weighted by Crippen LogP contribution is -1.93. The van der Waals surface area contributed by atoms with Gasteiger partial charge >= 0.3 is 0 Å². The Morgan fingerprint density at radius 3 is 2.17 bits per heavy atom. The molecule has 0 fully saturated rings. The normalized spacial score (nSPS) is 11.4. The van der Waals surface area contributed by atoms with Crippen LogP contribution in [-0.2, 0) is 0 Å². The second-order valence-corrected chi connectivity index (χ2v) is 12.3. The minimum absolute atomic E-state index is 0.815. The van der Waals surface area contributed by atoms with Crippen molar-refractivity contribution in [2.45, 2.75) is 0 Å². The van der Waals surface area contributed by atoms with Crippen molar-refractivity contribution in [2.24, 2.45) is 0 Å². The molecule has 0 spiro atoms. The first-order chi connectivity index (χ1) is 23.3. The monoisotopic (exact) mass is 620 g/mol. The molecule has 0 unspecified atom stereocenters. The highest BCUT2D eigenvalue weighted by molar-refractivity contribution is 7.25. The Balaban J connectivity index is 1.11. The molecule has 0 aliphatic rings. The number of hydrogen-bond acceptors (Lipinski definition) is 7. The molecule has 0 aliphatic carbocycles. The summed E-state index contributed by atoms with van der Waals surface area (Å²) in [6.45, 7) is 0. The summed E-state index contributed by atoms with van der Waals surface area (Å²) in [6.07, 6.45) is 9.02. The maximum Gasteiger partial charge on any atom is 0.126 e. The van der Waals surface area contributed by atoms with Crippen LogP contribution in [0.4, 0.5) is 0 Å². The molecular weight excluding hydrogens is 597 g/mol. The average molecular weight is 621 g/mol. The van der Waals surface area contributed by atoms with Gasteiger partial charge in [-0.1, -0.05) is 72.8 Å².